The van der Waals surface area contributed by atoms with Gasteiger partial charge in [0.1, 0.15) is 0 Å². The Hall–Kier alpha value is -1.52. The van der Waals surface area contributed by atoms with Crippen LogP contribution in [0.1, 0.15) is 16.8 Å². The number of benzene rings is 1. The number of hydrogen-bond acceptors (Lipinski definition) is 6. The Kier molecular flexibility index (Phi) is 6.69. The van der Waals surface area contributed by atoms with Gasteiger partial charge in [0.2, 0.25) is 10.0 Å². The van der Waals surface area contributed by atoms with Crippen LogP contribution in [0.4, 0.5) is 0 Å². The van der Waals surface area contributed by atoms with Crippen molar-refractivity contribution in [1.82, 2.24) is 20.5 Å². The molecule has 1 unspecified atom stereocenters. The Morgan fingerprint density at radius 1 is 1.38 bits per heavy atom. The molecule has 8 nitrogen and oxygen atoms in total. The number of amides is 1. The van der Waals surface area contributed by atoms with Gasteiger partial charge in [0.05, 0.1) is 11.5 Å². The zero-order valence-corrected chi connectivity index (χ0v) is 14.7. The van der Waals surface area contributed by atoms with E-state index < -0.39 is 10.0 Å². The molecule has 1 aromatic carbocycles. The number of carbonyl (C=O) groups excluding carboxylic acids is 1. The summed E-state index contributed by atoms with van der Waals surface area (Å²) in [5.41, 5.74) is 6.59. The summed E-state index contributed by atoms with van der Waals surface area (Å²) in [5.74, 6) is -0.139. The van der Waals surface area contributed by atoms with E-state index in [0.717, 1.165) is 13.0 Å². The Morgan fingerprint density at radius 2 is 2.08 bits per heavy atom. The first kappa shape index (κ1) is 18.8. The van der Waals surface area contributed by atoms with Crippen LogP contribution in [0.3, 0.4) is 0 Å². The molecule has 1 aliphatic rings. The first-order valence-corrected chi connectivity index (χ1v) is 9.25. The van der Waals surface area contributed by atoms with E-state index in [2.05, 4.69) is 15.6 Å². The number of rotatable bonds is 8. The van der Waals surface area contributed by atoms with Crippen LogP contribution in [-0.2, 0) is 14.8 Å². The van der Waals surface area contributed by atoms with Crippen molar-refractivity contribution in [2.45, 2.75) is 17.4 Å². The first-order chi connectivity index (χ1) is 11.4. The van der Waals surface area contributed by atoms with E-state index in [1.54, 1.807) is 11.9 Å². The molecular formula is C15H24N4O4S. The topological polar surface area (TPSA) is 99.8 Å². The zero-order valence-electron chi connectivity index (χ0n) is 13.9. The van der Waals surface area contributed by atoms with Crippen molar-refractivity contribution >= 4 is 15.9 Å². The van der Waals surface area contributed by atoms with Crippen molar-refractivity contribution < 1.29 is 17.9 Å². The largest absolute Gasteiger partial charge is 0.383 e. The fourth-order valence-corrected chi connectivity index (χ4v) is 3.46. The number of nitrogens with zero attached hydrogens (tertiary/aromatic N) is 1. The summed E-state index contributed by atoms with van der Waals surface area (Å²) < 4.78 is 31.4. The Balaban J connectivity index is 1.98. The molecule has 1 saturated heterocycles. The molecule has 0 aromatic heterocycles. The number of nitrogens with one attached hydrogen (secondary N) is 3. The molecule has 1 atom stereocenters. The minimum Gasteiger partial charge on any atom is -0.383 e. The SMILES string of the molecule is COCCNS(=O)(=O)c1ccc(C(=O)N(C)CC2CCNN2)cc1. The third kappa shape index (κ3) is 4.99. The van der Waals surface area contributed by atoms with Gasteiger partial charge in [0.15, 0.2) is 0 Å². The smallest absolute Gasteiger partial charge is 0.253 e. The molecule has 1 heterocycles. The molecule has 0 bridgehead atoms. The molecule has 1 amide bonds. The molecule has 24 heavy (non-hydrogen) atoms. The second-order valence-corrected chi connectivity index (χ2v) is 7.42. The maximum atomic E-state index is 12.4. The average molecular weight is 356 g/mol. The van der Waals surface area contributed by atoms with Crippen molar-refractivity contribution in [3.63, 3.8) is 0 Å². The minimum atomic E-state index is -3.59. The van der Waals surface area contributed by atoms with Crippen LogP contribution in [0.2, 0.25) is 0 Å². The van der Waals surface area contributed by atoms with E-state index in [1.807, 2.05) is 0 Å². The van der Waals surface area contributed by atoms with Gasteiger partial charge in [0.25, 0.3) is 5.91 Å². The standard InChI is InChI=1S/C15H24N4O4S/c1-19(11-13-7-8-16-18-13)15(20)12-3-5-14(6-4-12)24(21,22)17-9-10-23-2/h3-6,13,16-18H,7-11H2,1-2H3. The number of methoxy groups -OCH3 is 1. The van der Waals surface area contributed by atoms with Gasteiger partial charge in [-0.1, -0.05) is 0 Å². The minimum absolute atomic E-state index is 0.125. The third-order valence-electron chi connectivity index (χ3n) is 3.77. The maximum absolute atomic E-state index is 12.4. The summed E-state index contributed by atoms with van der Waals surface area (Å²) in [6.07, 6.45) is 0.960. The normalized spacial score (nSPS) is 17.8. The lowest BCUT2D eigenvalue weighted by molar-refractivity contribution is 0.0783. The van der Waals surface area contributed by atoms with Gasteiger partial charge in [-0.25, -0.2) is 13.1 Å². The summed E-state index contributed by atoms with van der Waals surface area (Å²) >= 11 is 0. The highest BCUT2D eigenvalue weighted by Crippen LogP contribution is 2.12. The number of carbonyl (C=O) groups is 1. The lowest BCUT2D eigenvalue weighted by Gasteiger charge is -2.21. The summed E-state index contributed by atoms with van der Waals surface area (Å²) in [5, 5.41) is 0. The van der Waals surface area contributed by atoms with Crippen LogP contribution in [0.5, 0.6) is 0 Å². The first-order valence-electron chi connectivity index (χ1n) is 7.76. The van der Waals surface area contributed by atoms with Crippen molar-refractivity contribution in [2.24, 2.45) is 0 Å². The van der Waals surface area contributed by atoms with Crippen molar-refractivity contribution in [1.29, 1.82) is 0 Å². The van der Waals surface area contributed by atoms with E-state index in [-0.39, 0.29) is 23.4 Å². The van der Waals surface area contributed by atoms with Crippen LogP contribution in [0, 0.1) is 0 Å². The van der Waals surface area contributed by atoms with Gasteiger partial charge in [-0.15, -0.1) is 0 Å². The van der Waals surface area contributed by atoms with Gasteiger partial charge in [0, 0.05) is 45.4 Å². The van der Waals surface area contributed by atoms with Crippen LogP contribution < -0.4 is 15.6 Å². The molecule has 9 heteroatoms. The highest BCUT2D eigenvalue weighted by Gasteiger charge is 2.20. The average Bonchev–Trinajstić information content (AvgIpc) is 3.07. The Bertz CT molecular complexity index is 642. The summed E-state index contributed by atoms with van der Waals surface area (Å²) in [6.45, 7) is 1.97. The van der Waals surface area contributed by atoms with Gasteiger partial charge in [-0.05, 0) is 30.7 Å². The van der Waals surface area contributed by atoms with Crippen LogP contribution in [0.25, 0.3) is 0 Å². The lowest BCUT2D eigenvalue weighted by Crippen LogP contribution is -2.41. The molecule has 1 aromatic rings. The maximum Gasteiger partial charge on any atom is 0.253 e. The van der Waals surface area contributed by atoms with E-state index in [1.165, 1.54) is 31.4 Å². The molecule has 1 fully saturated rings. The van der Waals surface area contributed by atoms with Crippen molar-refractivity contribution in [3.8, 4) is 0 Å². The van der Waals surface area contributed by atoms with Crippen LogP contribution >= 0.6 is 0 Å². The molecule has 0 aliphatic carbocycles. The van der Waals surface area contributed by atoms with Crippen LogP contribution in [-0.4, -0.2) is 65.7 Å². The molecule has 2 rings (SSSR count). The predicted octanol–water partition coefficient (Wildman–Crippen LogP) is -0.450. The van der Waals surface area contributed by atoms with Gasteiger partial charge in [-0.2, -0.15) is 0 Å². The summed E-state index contributed by atoms with van der Waals surface area (Å²) in [6, 6.07) is 6.16. The second-order valence-electron chi connectivity index (χ2n) is 5.66. The number of hydrogen-bond donors (Lipinski definition) is 3. The molecule has 0 saturated carbocycles. The quantitative estimate of drug-likeness (QED) is 0.546. The van der Waals surface area contributed by atoms with Crippen molar-refractivity contribution in [3.05, 3.63) is 29.8 Å². The number of hydrazine groups is 1. The third-order valence-corrected chi connectivity index (χ3v) is 5.25. The zero-order chi connectivity index (χ0) is 17.6. The Morgan fingerprint density at radius 3 is 2.67 bits per heavy atom. The predicted molar refractivity (Wildman–Crippen MR) is 90.0 cm³/mol. The molecule has 3 N–H and O–H groups in total. The summed E-state index contributed by atoms with van der Waals surface area (Å²) in [7, 11) is -0.349. The Labute approximate surface area is 142 Å². The number of likely N-dealkylation sites (N-methyl/N-ethyl adjacent to an activating group) is 1. The highest BCUT2D eigenvalue weighted by atomic mass is 32.2. The molecule has 134 valence electrons. The summed E-state index contributed by atoms with van der Waals surface area (Å²) in [4.78, 5) is 14.2. The van der Waals surface area contributed by atoms with E-state index in [0.29, 0.717) is 18.7 Å². The van der Waals surface area contributed by atoms with E-state index in [9.17, 15) is 13.2 Å². The molecule has 1 aliphatic heterocycles. The number of sulfonamides is 1. The monoisotopic (exact) mass is 356 g/mol. The van der Waals surface area contributed by atoms with Crippen molar-refractivity contribution in [2.75, 3.05) is 40.4 Å². The molecule has 0 spiro atoms. The van der Waals surface area contributed by atoms with Gasteiger partial charge >= 0.3 is 0 Å². The number of ether oxygens (including phenoxy) is 1. The molecule has 0 radical (unpaired) electrons. The van der Waals surface area contributed by atoms with Gasteiger partial charge < -0.3 is 9.64 Å². The van der Waals surface area contributed by atoms with Gasteiger partial charge in [-0.3, -0.25) is 15.6 Å². The van der Waals surface area contributed by atoms with E-state index in [4.69, 9.17) is 4.74 Å². The molecular weight excluding hydrogens is 332 g/mol. The lowest BCUT2D eigenvalue weighted by atomic mass is 10.2. The van der Waals surface area contributed by atoms with Crippen LogP contribution in [0.15, 0.2) is 29.2 Å². The fraction of sp³-hybridized carbons (Fsp3) is 0.533. The fourth-order valence-electron chi connectivity index (χ4n) is 2.44. The highest BCUT2D eigenvalue weighted by molar-refractivity contribution is 7.89. The second kappa shape index (κ2) is 8.54. The van der Waals surface area contributed by atoms with E-state index >= 15 is 0 Å².